The average Bonchev–Trinajstić information content (AvgIpc) is 2.85. The van der Waals surface area contributed by atoms with Crippen molar-refractivity contribution in [3.63, 3.8) is 0 Å². The fourth-order valence-corrected chi connectivity index (χ4v) is 1.90. The molecule has 0 spiro atoms. The summed E-state index contributed by atoms with van der Waals surface area (Å²) in [6.45, 7) is 0. The zero-order valence-electron chi connectivity index (χ0n) is 9.32. The Morgan fingerprint density at radius 2 is 2.11 bits per heavy atom. The van der Waals surface area contributed by atoms with Gasteiger partial charge in [-0.05, 0) is 23.8 Å². The molecule has 3 rings (SSSR count). The van der Waals surface area contributed by atoms with E-state index in [1.165, 1.54) is 6.20 Å². The minimum atomic E-state index is -0.983. The summed E-state index contributed by atoms with van der Waals surface area (Å²) in [5.74, 6) is -0.983. The first-order valence-corrected chi connectivity index (χ1v) is 5.36. The van der Waals surface area contributed by atoms with E-state index >= 15 is 0 Å². The van der Waals surface area contributed by atoms with Crippen molar-refractivity contribution in [2.45, 2.75) is 0 Å². The molecule has 3 aromatic heterocycles. The van der Waals surface area contributed by atoms with Gasteiger partial charge in [0.05, 0.1) is 5.56 Å². The first-order valence-electron chi connectivity index (χ1n) is 5.36. The summed E-state index contributed by atoms with van der Waals surface area (Å²) >= 11 is 0. The summed E-state index contributed by atoms with van der Waals surface area (Å²) in [6, 6.07) is 5.40. The van der Waals surface area contributed by atoms with Crippen molar-refractivity contribution in [3.8, 4) is 11.1 Å². The van der Waals surface area contributed by atoms with Crippen LogP contribution in [0.4, 0.5) is 0 Å². The van der Waals surface area contributed by atoms with Crippen molar-refractivity contribution in [1.29, 1.82) is 0 Å². The molecule has 0 radical (unpaired) electrons. The highest BCUT2D eigenvalue weighted by atomic mass is 16.4. The first kappa shape index (κ1) is 10.5. The maximum atomic E-state index is 11.1. The predicted molar refractivity (Wildman–Crippen MR) is 65.4 cm³/mol. The SMILES string of the molecule is O=C(O)c1cnccc1-c1ccc2nccn2c1. The Balaban J connectivity index is 2.22. The molecular formula is C13H9N3O2. The van der Waals surface area contributed by atoms with E-state index in [2.05, 4.69) is 9.97 Å². The number of aromatic carboxylic acids is 1. The Hall–Kier alpha value is -2.69. The van der Waals surface area contributed by atoms with Crippen LogP contribution >= 0.6 is 0 Å². The van der Waals surface area contributed by atoms with Crippen molar-refractivity contribution in [1.82, 2.24) is 14.4 Å². The molecule has 88 valence electrons. The molecule has 0 fully saturated rings. The molecule has 3 aromatic rings. The number of imidazole rings is 1. The molecule has 3 heterocycles. The van der Waals surface area contributed by atoms with Gasteiger partial charge >= 0.3 is 5.97 Å². The van der Waals surface area contributed by atoms with E-state index < -0.39 is 5.97 Å². The summed E-state index contributed by atoms with van der Waals surface area (Å²) in [6.07, 6.45) is 8.31. The number of carboxylic acids is 1. The normalized spacial score (nSPS) is 10.7. The molecule has 0 unspecified atom stereocenters. The second-order valence-electron chi connectivity index (χ2n) is 3.84. The summed E-state index contributed by atoms with van der Waals surface area (Å²) in [7, 11) is 0. The van der Waals surface area contributed by atoms with Crippen molar-refractivity contribution in [3.05, 3.63) is 54.7 Å². The second-order valence-corrected chi connectivity index (χ2v) is 3.84. The number of hydrogen-bond acceptors (Lipinski definition) is 3. The number of fused-ring (bicyclic) bond motifs is 1. The van der Waals surface area contributed by atoms with Crippen LogP contribution in [0.15, 0.2) is 49.2 Å². The van der Waals surface area contributed by atoms with Crippen molar-refractivity contribution >= 4 is 11.6 Å². The highest BCUT2D eigenvalue weighted by Crippen LogP contribution is 2.23. The molecule has 0 aromatic carbocycles. The van der Waals surface area contributed by atoms with Crippen LogP contribution in [-0.4, -0.2) is 25.4 Å². The van der Waals surface area contributed by atoms with Crippen LogP contribution in [0.5, 0.6) is 0 Å². The summed E-state index contributed by atoms with van der Waals surface area (Å²) in [4.78, 5) is 19.1. The smallest absolute Gasteiger partial charge is 0.337 e. The van der Waals surface area contributed by atoms with Crippen LogP contribution in [0.2, 0.25) is 0 Å². The van der Waals surface area contributed by atoms with E-state index in [0.717, 1.165) is 11.2 Å². The van der Waals surface area contributed by atoms with E-state index in [0.29, 0.717) is 5.56 Å². The minimum absolute atomic E-state index is 0.192. The maximum absolute atomic E-state index is 11.1. The lowest BCUT2D eigenvalue weighted by Gasteiger charge is -2.06. The van der Waals surface area contributed by atoms with Gasteiger partial charge in [-0.2, -0.15) is 0 Å². The molecule has 0 aliphatic carbocycles. The Morgan fingerprint density at radius 1 is 1.22 bits per heavy atom. The average molecular weight is 239 g/mol. The molecule has 0 atom stereocenters. The van der Waals surface area contributed by atoms with E-state index in [1.807, 2.05) is 28.9 Å². The van der Waals surface area contributed by atoms with E-state index in [4.69, 9.17) is 5.11 Å². The van der Waals surface area contributed by atoms with E-state index in [1.54, 1.807) is 18.5 Å². The number of carboxylic acid groups (broad SMARTS) is 1. The third-order valence-corrected chi connectivity index (χ3v) is 2.75. The molecule has 5 heteroatoms. The Kier molecular flexibility index (Phi) is 2.30. The zero-order valence-corrected chi connectivity index (χ0v) is 9.32. The predicted octanol–water partition coefficient (Wildman–Crippen LogP) is 2.09. The Bertz CT molecular complexity index is 734. The van der Waals surface area contributed by atoms with Crippen LogP contribution in [0.1, 0.15) is 10.4 Å². The third-order valence-electron chi connectivity index (χ3n) is 2.75. The molecule has 0 amide bonds. The quantitative estimate of drug-likeness (QED) is 0.743. The van der Waals surface area contributed by atoms with Crippen LogP contribution < -0.4 is 0 Å². The lowest BCUT2D eigenvalue weighted by atomic mass is 10.0. The molecule has 0 bridgehead atoms. The molecule has 5 nitrogen and oxygen atoms in total. The lowest BCUT2D eigenvalue weighted by molar-refractivity contribution is 0.0697. The van der Waals surface area contributed by atoms with Gasteiger partial charge in [0.2, 0.25) is 0 Å². The number of rotatable bonds is 2. The fraction of sp³-hybridized carbons (Fsp3) is 0. The molecule has 18 heavy (non-hydrogen) atoms. The van der Waals surface area contributed by atoms with Gasteiger partial charge < -0.3 is 9.51 Å². The van der Waals surface area contributed by atoms with Crippen molar-refractivity contribution in [2.75, 3.05) is 0 Å². The van der Waals surface area contributed by atoms with Gasteiger partial charge in [0.15, 0.2) is 0 Å². The van der Waals surface area contributed by atoms with Crippen LogP contribution in [0.3, 0.4) is 0 Å². The molecule has 0 aliphatic heterocycles. The van der Waals surface area contributed by atoms with Gasteiger partial charge in [0.25, 0.3) is 0 Å². The zero-order chi connectivity index (χ0) is 12.5. The highest BCUT2D eigenvalue weighted by Gasteiger charge is 2.11. The lowest BCUT2D eigenvalue weighted by Crippen LogP contribution is -2.00. The second kappa shape index (κ2) is 3.96. The molecular weight excluding hydrogens is 230 g/mol. The number of aromatic nitrogens is 3. The van der Waals surface area contributed by atoms with Gasteiger partial charge in [-0.1, -0.05) is 0 Å². The van der Waals surface area contributed by atoms with Gasteiger partial charge in [-0.15, -0.1) is 0 Å². The standard InChI is InChI=1S/C13H9N3O2/c17-13(18)11-7-14-4-3-10(11)9-1-2-12-15-5-6-16(12)8-9/h1-8H,(H,17,18). The topological polar surface area (TPSA) is 67.5 Å². The van der Waals surface area contributed by atoms with Crippen LogP contribution in [-0.2, 0) is 0 Å². The monoisotopic (exact) mass is 239 g/mol. The third kappa shape index (κ3) is 1.62. The molecule has 0 saturated carbocycles. The van der Waals surface area contributed by atoms with E-state index in [9.17, 15) is 4.79 Å². The number of hydrogen-bond donors (Lipinski definition) is 1. The number of pyridine rings is 2. The van der Waals surface area contributed by atoms with Gasteiger partial charge in [-0.25, -0.2) is 9.78 Å². The Labute approximate surface area is 102 Å². The van der Waals surface area contributed by atoms with Gasteiger partial charge in [-0.3, -0.25) is 4.98 Å². The van der Waals surface area contributed by atoms with Crippen molar-refractivity contribution in [2.24, 2.45) is 0 Å². The summed E-state index contributed by atoms with van der Waals surface area (Å²) in [5.41, 5.74) is 2.48. The minimum Gasteiger partial charge on any atom is -0.478 e. The van der Waals surface area contributed by atoms with Gasteiger partial charge in [0.1, 0.15) is 5.65 Å². The van der Waals surface area contributed by atoms with Crippen LogP contribution in [0, 0.1) is 0 Å². The Morgan fingerprint density at radius 3 is 2.94 bits per heavy atom. The highest BCUT2D eigenvalue weighted by molar-refractivity contribution is 5.95. The molecule has 0 saturated heterocycles. The van der Waals surface area contributed by atoms with Crippen LogP contribution in [0.25, 0.3) is 16.8 Å². The summed E-state index contributed by atoms with van der Waals surface area (Å²) < 4.78 is 1.85. The molecule has 1 N–H and O–H groups in total. The molecule has 0 aliphatic rings. The summed E-state index contributed by atoms with van der Waals surface area (Å²) in [5, 5.41) is 9.14. The fourth-order valence-electron chi connectivity index (χ4n) is 1.90. The van der Waals surface area contributed by atoms with E-state index in [-0.39, 0.29) is 5.56 Å². The first-order chi connectivity index (χ1) is 8.75. The van der Waals surface area contributed by atoms with Gasteiger partial charge in [0, 0.05) is 36.5 Å². The largest absolute Gasteiger partial charge is 0.478 e. The maximum Gasteiger partial charge on any atom is 0.337 e. The number of nitrogens with zero attached hydrogens (tertiary/aromatic N) is 3. The number of carbonyl (C=O) groups is 1. The van der Waals surface area contributed by atoms with Crippen molar-refractivity contribution < 1.29 is 9.90 Å².